The minimum absolute atomic E-state index is 0.724. The lowest BCUT2D eigenvalue weighted by Gasteiger charge is -2.02. The van der Waals surface area contributed by atoms with Crippen molar-refractivity contribution in [2.45, 2.75) is 0 Å². The average Bonchev–Trinajstić information content (AvgIpc) is 2.55. The zero-order valence-corrected chi connectivity index (χ0v) is 7.53. The van der Waals surface area contributed by atoms with Crippen LogP contribution in [0.3, 0.4) is 0 Å². The molecule has 0 unspecified atom stereocenters. The molecule has 2 aliphatic rings. The molecular weight excluding hydrogens is 168 g/mol. The fourth-order valence-corrected chi connectivity index (χ4v) is 1.39. The van der Waals surface area contributed by atoms with E-state index in [1.165, 1.54) is 0 Å². The fraction of sp³-hybridized carbons (Fsp3) is 0.200. The molecule has 0 aromatic carbocycles. The van der Waals surface area contributed by atoms with Crippen LogP contribution in [0, 0.1) is 0 Å². The van der Waals surface area contributed by atoms with Gasteiger partial charge in [-0.25, -0.2) is 0 Å². The molecule has 3 nitrogen and oxygen atoms in total. The number of fused-ring (bicyclic) bond motifs is 1. The molecule has 0 saturated heterocycles. The van der Waals surface area contributed by atoms with Gasteiger partial charge < -0.3 is 13.9 Å². The van der Waals surface area contributed by atoms with Gasteiger partial charge >= 0.3 is 0 Å². The second-order valence-corrected chi connectivity index (χ2v) is 2.67. The van der Waals surface area contributed by atoms with Gasteiger partial charge in [0.05, 0.1) is 26.0 Å². The van der Waals surface area contributed by atoms with Gasteiger partial charge in [-0.3, -0.25) is 0 Å². The van der Waals surface area contributed by atoms with Gasteiger partial charge in [-0.1, -0.05) is 0 Å². The second-order valence-electron chi connectivity index (χ2n) is 2.67. The molecule has 3 heteroatoms. The van der Waals surface area contributed by atoms with Gasteiger partial charge in [0.2, 0.25) is 0 Å². The van der Waals surface area contributed by atoms with Crippen LogP contribution in [0.25, 0.3) is 11.1 Å². The lowest BCUT2D eigenvalue weighted by atomic mass is 10.2. The summed E-state index contributed by atoms with van der Waals surface area (Å²) in [4.78, 5) is 0. The third-order valence-corrected chi connectivity index (χ3v) is 2.00. The summed E-state index contributed by atoms with van der Waals surface area (Å²) >= 11 is 0. The van der Waals surface area contributed by atoms with E-state index in [1.807, 2.05) is 12.1 Å². The smallest absolute Gasteiger partial charge is 0.171 e. The Balaban J connectivity index is 2.66. The largest absolute Gasteiger partial charge is 0.493 e. The van der Waals surface area contributed by atoms with Crippen LogP contribution in [-0.2, 0) is 0 Å². The van der Waals surface area contributed by atoms with Gasteiger partial charge in [-0.05, 0) is 17.7 Å². The van der Waals surface area contributed by atoms with Gasteiger partial charge in [0.25, 0.3) is 0 Å². The molecule has 2 rings (SSSR count). The van der Waals surface area contributed by atoms with Crippen molar-refractivity contribution in [3.05, 3.63) is 24.7 Å². The third-order valence-electron chi connectivity index (χ3n) is 2.00. The molecule has 0 spiro atoms. The highest BCUT2D eigenvalue weighted by Crippen LogP contribution is 2.42. The van der Waals surface area contributed by atoms with E-state index in [9.17, 15) is 0 Å². The lowest BCUT2D eigenvalue weighted by Crippen LogP contribution is -1.86. The summed E-state index contributed by atoms with van der Waals surface area (Å²) < 4.78 is 15.4. The summed E-state index contributed by atoms with van der Waals surface area (Å²) in [5.41, 5.74) is 1.99. The Kier molecular flexibility index (Phi) is 1.85. The Hall–Kier alpha value is -1.64. The van der Waals surface area contributed by atoms with E-state index in [4.69, 9.17) is 13.9 Å². The molecular formula is C10H10O3. The molecule has 0 aromatic heterocycles. The average molecular weight is 178 g/mol. The zero-order valence-electron chi connectivity index (χ0n) is 7.53. The van der Waals surface area contributed by atoms with Crippen molar-refractivity contribution in [2.24, 2.45) is 0 Å². The van der Waals surface area contributed by atoms with Crippen molar-refractivity contribution >= 4 is 0 Å². The number of methoxy groups -OCH3 is 2. The van der Waals surface area contributed by atoms with E-state index in [-0.39, 0.29) is 0 Å². The molecule has 0 fully saturated rings. The third kappa shape index (κ3) is 1.13. The normalized spacial score (nSPS) is 10.3. The van der Waals surface area contributed by atoms with Crippen molar-refractivity contribution in [3.8, 4) is 22.6 Å². The monoisotopic (exact) mass is 178 g/mol. The van der Waals surface area contributed by atoms with Crippen LogP contribution in [0.1, 0.15) is 0 Å². The van der Waals surface area contributed by atoms with E-state index in [2.05, 4.69) is 0 Å². The molecule has 0 bridgehead atoms. The molecule has 1 aliphatic heterocycles. The van der Waals surface area contributed by atoms with Crippen molar-refractivity contribution in [3.63, 3.8) is 0 Å². The fourth-order valence-electron chi connectivity index (χ4n) is 1.39. The minimum Gasteiger partial charge on any atom is -0.493 e. The van der Waals surface area contributed by atoms with Crippen LogP contribution in [0.2, 0.25) is 0 Å². The highest BCUT2D eigenvalue weighted by atomic mass is 16.5. The summed E-state index contributed by atoms with van der Waals surface area (Å²) in [5, 5.41) is 0. The van der Waals surface area contributed by atoms with Crippen LogP contribution < -0.4 is 9.47 Å². The molecule has 0 atom stereocenters. The summed E-state index contributed by atoms with van der Waals surface area (Å²) in [6.07, 6.45) is 3.28. The minimum atomic E-state index is 0.724. The van der Waals surface area contributed by atoms with Crippen LogP contribution in [0.15, 0.2) is 29.1 Å². The van der Waals surface area contributed by atoms with Crippen molar-refractivity contribution in [1.82, 2.24) is 0 Å². The predicted octanol–water partition coefficient (Wildman–Crippen LogP) is 2.40. The maximum absolute atomic E-state index is 5.20. The first-order valence-electron chi connectivity index (χ1n) is 3.93. The molecule has 68 valence electrons. The van der Waals surface area contributed by atoms with Crippen molar-refractivity contribution in [1.29, 1.82) is 0 Å². The molecule has 0 saturated carbocycles. The van der Waals surface area contributed by atoms with Gasteiger partial charge in [0.1, 0.15) is 6.26 Å². The maximum Gasteiger partial charge on any atom is 0.171 e. The van der Waals surface area contributed by atoms with Crippen molar-refractivity contribution < 1.29 is 13.9 Å². The Morgan fingerprint density at radius 1 is 1.23 bits per heavy atom. The van der Waals surface area contributed by atoms with Crippen LogP contribution in [-0.4, -0.2) is 14.2 Å². The molecule has 0 radical (unpaired) electrons. The highest BCUT2D eigenvalue weighted by Gasteiger charge is 2.17. The van der Waals surface area contributed by atoms with E-state index >= 15 is 0 Å². The Morgan fingerprint density at radius 3 is 2.77 bits per heavy atom. The number of hydrogen-bond acceptors (Lipinski definition) is 3. The summed E-state index contributed by atoms with van der Waals surface area (Å²) in [5.74, 6) is 1.46. The van der Waals surface area contributed by atoms with Gasteiger partial charge in [-0.15, -0.1) is 0 Å². The first-order valence-corrected chi connectivity index (χ1v) is 3.93. The predicted molar refractivity (Wildman–Crippen MR) is 48.4 cm³/mol. The zero-order chi connectivity index (χ0) is 9.26. The summed E-state index contributed by atoms with van der Waals surface area (Å²) in [7, 11) is 3.23. The molecule has 13 heavy (non-hydrogen) atoms. The molecule has 1 aliphatic carbocycles. The van der Waals surface area contributed by atoms with Crippen LogP contribution in [0.4, 0.5) is 0 Å². The SMILES string of the molecule is COc1cc2ccocc-2c1OC. The van der Waals surface area contributed by atoms with Gasteiger partial charge in [-0.2, -0.15) is 0 Å². The Labute approximate surface area is 76.2 Å². The van der Waals surface area contributed by atoms with Crippen LogP contribution in [0.5, 0.6) is 11.5 Å². The van der Waals surface area contributed by atoms with Crippen molar-refractivity contribution in [2.75, 3.05) is 14.2 Å². The lowest BCUT2D eigenvalue weighted by molar-refractivity contribution is 0.358. The van der Waals surface area contributed by atoms with Crippen LogP contribution >= 0.6 is 0 Å². The highest BCUT2D eigenvalue weighted by molar-refractivity contribution is 5.78. The van der Waals surface area contributed by atoms with E-state index < -0.39 is 0 Å². The van der Waals surface area contributed by atoms with E-state index in [1.54, 1.807) is 26.7 Å². The first kappa shape index (κ1) is 7.98. The number of rotatable bonds is 2. The first-order chi connectivity index (χ1) is 6.36. The Bertz CT molecular complexity index is 378. The molecule has 1 heterocycles. The second kappa shape index (κ2) is 3.01. The molecule has 0 N–H and O–H groups in total. The standard InChI is InChI=1S/C10H10O3/c1-11-9-5-7-3-4-13-6-8(7)10(9)12-2/h3-6H,1-2H3. The topological polar surface area (TPSA) is 31.6 Å². The molecule has 0 amide bonds. The quantitative estimate of drug-likeness (QED) is 0.707. The van der Waals surface area contributed by atoms with Gasteiger partial charge in [0, 0.05) is 0 Å². The summed E-state index contributed by atoms with van der Waals surface area (Å²) in [6, 6.07) is 3.80. The maximum atomic E-state index is 5.20. The molecule has 0 aromatic rings. The van der Waals surface area contributed by atoms with E-state index in [0.29, 0.717) is 0 Å². The van der Waals surface area contributed by atoms with E-state index in [0.717, 1.165) is 22.6 Å². The number of hydrogen-bond donors (Lipinski definition) is 0. The number of ether oxygens (including phenoxy) is 2. The Morgan fingerprint density at radius 2 is 2.08 bits per heavy atom. The summed E-state index contributed by atoms with van der Waals surface area (Å²) in [6.45, 7) is 0. The van der Waals surface area contributed by atoms with Gasteiger partial charge in [0.15, 0.2) is 11.5 Å².